The molecule has 4 aromatic rings. The highest BCUT2D eigenvalue weighted by atomic mass is 16.5. The number of rotatable bonds is 6. The Bertz CT molecular complexity index is 1030. The Morgan fingerprint density at radius 2 is 1.52 bits per heavy atom. The van der Waals surface area contributed by atoms with E-state index in [2.05, 4.69) is 79.1 Å². The minimum absolute atomic E-state index is 0.619. The summed E-state index contributed by atoms with van der Waals surface area (Å²) in [4.78, 5) is 4.88. The van der Waals surface area contributed by atoms with Crippen LogP contribution in [0.5, 0.6) is 5.75 Å². The van der Waals surface area contributed by atoms with Crippen LogP contribution in [-0.2, 0) is 13.0 Å². The van der Waals surface area contributed by atoms with Crippen LogP contribution in [0.3, 0.4) is 0 Å². The molecule has 3 aromatic carbocycles. The minimum Gasteiger partial charge on any atom is -0.491 e. The van der Waals surface area contributed by atoms with Crippen LogP contribution in [0.1, 0.15) is 22.5 Å². The number of fused-ring (bicyclic) bond motifs is 1. The zero-order chi connectivity index (χ0) is 18.6. The van der Waals surface area contributed by atoms with E-state index in [1.165, 1.54) is 16.7 Å². The lowest BCUT2D eigenvalue weighted by molar-refractivity contribution is 0.295. The van der Waals surface area contributed by atoms with Crippen LogP contribution in [0.25, 0.3) is 11.0 Å². The maximum absolute atomic E-state index is 6.15. The van der Waals surface area contributed by atoms with E-state index in [1.807, 2.05) is 12.1 Å². The Hall–Kier alpha value is -3.07. The van der Waals surface area contributed by atoms with Gasteiger partial charge in [-0.15, -0.1) is 0 Å². The molecule has 27 heavy (non-hydrogen) atoms. The van der Waals surface area contributed by atoms with Crippen LogP contribution in [0.4, 0.5) is 0 Å². The average Bonchev–Trinajstić information content (AvgIpc) is 3.02. The fourth-order valence-corrected chi connectivity index (χ4v) is 3.55. The highest BCUT2D eigenvalue weighted by Crippen LogP contribution is 2.23. The van der Waals surface area contributed by atoms with E-state index in [0.717, 1.165) is 35.6 Å². The Labute approximate surface area is 160 Å². The molecule has 0 spiro atoms. The molecule has 0 bridgehead atoms. The van der Waals surface area contributed by atoms with Crippen molar-refractivity contribution in [3.05, 3.63) is 95.3 Å². The molecule has 0 radical (unpaired) electrons. The van der Waals surface area contributed by atoms with Crippen LogP contribution < -0.4 is 4.74 Å². The maximum atomic E-state index is 6.15. The summed E-state index contributed by atoms with van der Waals surface area (Å²) in [5.74, 6) is 2.07. The molecule has 0 aliphatic carbocycles. The van der Waals surface area contributed by atoms with Crippen molar-refractivity contribution in [2.45, 2.75) is 26.8 Å². The number of ether oxygens (including phenoxy) is 1. The van der Waals surface area contributed by atoms with Crippen molar-refractivity contribution in [3.8, 4) is 5.75 Å². The van der Waals surface area contributed by atoms with Gasteiger partial charge < -0.3 is 9.30 Å². The Morgan fingerprint density at radius 1 is 0.815 bits per heavy atom. The van der Waals surface area contributed by atoms with Gasteiger partial charge in [0, 0.05) is 6.42 Å². The quantitative estimate of drug-likeness (QED) is 0.467. The predicted octanol–water partition coefficient (Wildman–Crippen LogP) is 5.32. The normalized spacial score (nSPS) is 11.0. The summed E-state index contributed by atoms with van der Waals surface area (Å²) < 4.78 is 8.43. The molecule has 0 saturated carbocycles. The Kier molecular flexibility index (Phi) is 4.93. The number of imidazole rings is 1. The largest absolute Gasteiger partial charge is 0.491 e. The van der Waals surface area contributed by atoms with Gasteiger partial charge in [-0.05, 0) is 42.7 Å². The van der Waals surface area contributed by atoms with Gasteiger partial charge in [0.15, 0.2) is 0 Å². The number of aryl methyl sites for hydroxylation is 2. The third kappa shape index (κ3) is 3.72. The standard InChI is InChI=1S/C24H24N2O/c1-18-9-8-10-19(2)24(18)27-16-15-26-22-14-7-6-13-21(22)25-23(26)17-20-11-4-3-5-12-20/h3-14H,15-17H2,1-2H3. The molecule has 136 valence electrons. The summed E-state index contributed by atoms with van der Waals surface area (Å²) in [7, 11) is 0. The molecule has 3 nitrogen and oxygen atoms in total. The fraction of sp³-hybridized carbons (Fsp3) is 0.208. The second-order valence-electron chi connectivity index (χ2n) is 6.90. The van der Waals surface area contributed by atoms with Gasteiger partial charge in [-0.1, -0.05) is 60.7 Å². The van der Waals surface area contributed by atoms with E-state index >= 15 is 0 Å². The Morgan fingerprint density at radius 3 is 2.30 bits per heavy atom. The maximum Gasteiger partial charge on any atom is 0.125 e. The van der Waals surface area contributed by atoms with E-state index in [1.54, 1.807) is 0 Å². The fourth-order valence-electron chi connectivity index (χ4n) is 3.55. The third-order valence-electron chi connectivity index (χ3n) is 4.91. The van der Waals surface area contributed by atoms with Crippen molar-refractivity contribution in [2.75, 3.05) is 6.61 Å². The summed E-state index contributed by atoms with van der Waals surface area (Å²) >= 11 is 0. The van der Waals surface area contributed by atoms with Crippen molar-refractivity contribution in [2.24, 2.45) is 0 Å². The van der Waals surface area contributed by atoms with Crippen LogP contribution >= 0.6 is 0 Å². The third-order valence-corrected chi connectivity index (χ3v) is 4.91. The highest BCUT2D eigenvalue weighted by molar-refractivity contribution is 5.76. The first-order valence-corrected chi connectivity index (χ1v) is 9.39. The lowest BCUT2D eigenvalue weighted by Gasteiger charge is -2.14. The van der Waals surface area contributed by atoms with Crippen LogP contribution in [0.15, 0.2) is 72.8 Å². The van der Waals surface area contributed by atoms with E-state index in [4.69, 9.17) is 9.72 Å². The second-order valence-corrected chi connectivity index (χ2v) is 6.90. The molecule has 0 aliphatic rings. The summed E-state index contributed by atoms with van der Waals surface area (Å²) in [6, 6.07) is 25.1. The zero-order valence-electron chi connectivity index (χ0n) is 15.9. The minimum atomic E-state index is 0.619. The van der Waals surface area contributed by atoms with Gasteiger partial charge in [0.25, 0.3) is 0 Å². The average molecular weight is 356 g/mol. The summed E-state index contributed by atoms with van der Waals surface area (Å²) in [6.45, 7) is 5.58. The van der Waals surface area contributed by atoms with E-state index in [-0.39, 0.29) is 0 Å². The van der Waals surface area contributed by atoms with E-state index < -0.39 is 0 Å². The first-order chi connectivity index (χ1) is 13.2. The summed E-state index contributed by atoms with van der Waals surface area (Å²) in [5.41, 5.74) is 5.82. The lowest BCUT2D eigenvalue weighted by atomic mass is 10.1. The molecule has 0 aliphatic heterocycles. The molecule has 0 amide bonds. The molecule has 4 rings (SSSR count). The molecule has 0 saturated heterocycles. The van der Waals surface area contributed by atoms with Gasteiger partial charge in [0.05, 0.1) is 17.6 Å². The number of nitrogens with zero attached hydrogens (tertiary/aromatic N) is 2. The van der Waals surface area contributed by atoms with Crippen molar-refractivity contribution >= 4 is 11.0 Å². The summed E-state index contributed by atoms with van der Waals surface area (Å²) in [5, 5.41) is 0. The molecule has 0 atom stereocenters. The summed E-state index contributed by atoms with van der Waals surface area (Å²) in [6.07, 6.45) is 0.818. The number of aromatic nitrogens is 2. The smallest absolute Gasteiger partial charge is 0.125 e. The van der Waals surface area contributed by atoms with Crippen molar-refractivity contribution in [3.63, 3.8) is 0 Å². The zero-order valence-corrected chi connectivity index (χ0v) is 15.9. The molecule has 1 heterocycles. The molecular weight excluding hydrogens is 332 g/mol. The molecule has 3 heteroatoms. The van der Waals surface area contributed by atoms with Gasteiger partial charge in [-0.2, -0.15) is 0 Å². The van der Waals surface area contributed by atoms with Crippen LogP contribution in [0, 0.1) is 13.8 Å². The van der Waals surface area contributed by atoms with E-state index in [9.17, 15) is 0 Å². The molecular formula is C24H24N2O. The van der Waals surface area contributed by atoms with Crippen molar-refractivity contribution in [1.82, 2.24) is 9.55 Å². The lowest BCUT2D eigenvalue weighted by Crippen LogP contribution is -2.12. The molecule has 0 N–H and O–H groups in total. The molecule has 0 unspecified atom stereocenters. The molecule has 1 aromatic heterocycles. The van der Waals surface area contributed by atoms with Crippen molar-refractivity contribution < 1.29 is 4.74 Å². The topological polar surface area (TPSA) is 27.1 Å². The number of hydrogen-bond donors (Lipinski definition) is 0. The monoisotopic (exact) mass is 356 g/mol. The van der Waals surface area contributed by atoms with Gasteiger partial charge in [0.2, 0.25) is 0 Å². The number of benzene rings is 3. The SMILES string of the molecule is Cc1cccc(C)c1OCCn1c(Cc2ccccc2)nc2ccccc21. The van der Waals surface area contributed by atoms with E-state index in [0.29, 0.717) is 6.61 Å². The van der Waals surface area contributed by atoms with Crippen molar-refractivity contribution in [1.29, 1.82) is 0 Å². The van der Waals surface area contributed by atoms with Gasteiger partial charge in [-0.3, -0.25) is 0 Å². The first-order valence-electron chi connectivity index (χ1n) is 9.39. The first kappa shape index (κ1) is 17.3. The van der Waals surface area contributed by atoms with Crippen LogP contribution in [0.2, 0.25) is 0 Å². The number of hydrogen-bond acceptors (Lipinski definition) is 2. The second kappa shape index (κ2) is 7.67. The molecule has 0 fully saturated rings. The van der Waals surface area contributed by atoms with Crippen LogP contribution in [-0.4, -0.2) is 16.2 Å². The van der Waals surface area contributed by atoms with Gasteiger partial charge in [0.1, 0.15) is 18.2 Å². The van der Waals surface area contributed by atoms with Gasteiger partial charge >= 0.3 is 0 Å². The number of para-hydroxylation sites is 3. The highest BCUT2D eigenvalue weighted by Gasteiger charge is 2.11. The van der Waals surface area contributed by atoms with Gasteiger partial charge in [-0.25, -0.2) is 4.98 Å². The predicted molar refractivity (Wildman–Crippen MR) is 110 cm³/mol. The Balaban J connectivity index is 1.59.